The van der Waals surface area contributed by atoms with Crippen molar-refractivity contribution in [1.29, 1.82) is 0 Å². The quantitative estimate of drug-likeness (QED) is 0.691. The van der Waals surface area contributed by atoms with Gasteiger partial charge in [-0.25, -0.2) is 0 Å². The van der Waals surface area contributed by atoms with Crippen LogP contribution in [-0.4, -0.2) is 42.5 Å². The summed E-state index contributed by atoms with van der Waals surface area (Å²) in [7, 11) is 0. The molecule has 4 nitrogen and oxygen atoms in total. The molecule has 0 aromatic carbocycles. The summed E-state index contributed by atoms with van der Waals surface area (Å²) >= 11 is 0. The molecule has 1 aliphatic carbocycles. The molecular formula is C14H29N3O. The lowest BCUT2D eigenvalue weighted by Gasteiger charge is -2.28. The first-order chi connectivity index (χ1) is 8.67. The van der Waals surface area contributed by atoms with Crippen molar-refractivity contribution in [3.63, 3.8) is 0 Å². The number of nitrogens with zero attached hydrogens (tertiary/aromatic N) is 1. The van der Waals surface area contributed by atoms with Gasteiger partial charge in [-0.2, -0.15) is 0 Å². The maximum absolute atomic E-state index is 12.0. The topological polar surface area (TPSA) is 58.4 Å². The summed E-state index contributed by atoms with van der Waals surface area (Å²) in [6.07, 6.45) is 7.04. The van der Waals surface area contributed by atoms with Gasteiger partial charge in [-0.3, -0.25) is 9.69 Å². The third-order valence-electron chi connectivity index (χ3n) is 3.86. The second-order valence-corrected chi connectivity index (χ2v) is 5.43. The van der Waals surface area contributed by atoms with Crippen molar-refractivity contribution in [2.24, 2.45) is 5.73 Å². The zero-order chi connectivity index (χ0) is 13.4. The van der Waals surface area contributed by atoms with E-state index >= 15 is 0 Å². The molecule has 1 atom stereocenters. The Morgan fingerprint density at radius 2 is 2.11 bits per heavy atom. The molecule has 1 unspecified atom stereocenters. The van der Waals surface area contributed by atoms with E-state index in [0.717, 1.165) is 19.4 Å². The van der Waals surface area contributed by atoms with E-state index in [9.17, 15) is 4.79 Å². The number of carbonyl (C=O) groups excluding carboxylic acids is 1. The van der Waals surface area contributed by atoms with Gasteiger partial charge in [-0.15, -0.1) is 0 Å². The van der Waals surface area contributed by atoms with E-state index in [-0.39, 0.29) is 11.9 Å². The highest BCUT2D eigenvalue weighted by Gasteiger charge is 2.24. The molecule has 0 heterocycles. The van der Waals surface area contributed by atoms with Crippen LogP contribution in [0.4, 0.5) is 0 Å². The van der Waals surface area contributed by atoms with Gasteiger partial charge >= 0.3 is 0 Å². The van der Waals surface area contributed by atoms with Crippen molar-refractivity contribution in [3.8, 4) is 0 Å². The van der Waals surface area contributed by atoms with Crippen LogP contribution in [0.1, 0.15) is 52.4 Å². The van der Waals surface area contributed by atoms with Crippen LogP contribution in [-0.2, 0) is 4.79 Å². The molecule has 0 aromatic heterocycles. The molecule has 0 spiro atoms. The number of nitrogens with two attached hydrogens (primary N) is 1. The van der Waals surface area contributed by atoms with Gasteiger partial charge in [0.2, 0.25) is 5.91 Å². The summed E-state index contributed by atoms with van der Waals surface area (Å²) in [6, 6.07) is 0.872. The molecule has 4 heteroatoms. The summed E-state index contributed by atoms with van der Waals surface area (Å²) in [5, 5.41) is 3.05. The molecular weight excluding hydrogens is 226 g/mol. The van der Waals surface area contributed by atoms with Crippen molar-refractivity contribution in [3.05, 3.63) is 0 Å². The first-order valence-electron chi connectivity index (χ1n) is 7.40. The SMILES string of the molecule is CCC(C)NC(=O)CN(CCCN)C1CCCC1. The molecule has 1 amide bonds. The lowest BCUT2D eigenvalue weighted by molar-refractivity contribution is -0.123. The molecule has 0 radical (unpaired) electrons. The molecule has 0 aliphatic heterocycles. The largest absolute Gasteiger partial charge is 0.353 e. The van der Waals surface area contributed by atoms with Crippen LogP contribution >= 0.6 is 0 Å². The first-order valence-corrected chi connectivity index (χ1v) is 7.40. The van der Waals surface area contributed by atoms with Gasteiger partial charge in [-0.05, 0) is 39.2 Å². The molecule has 0 aromatic rings. The fourth-order valence-electron chi connectivity index (χ4n) is 2.56. The second-order valence-electron chi connectivity index (χ2n) is 5.43. The number of hydrogen-bond acceptors (Lipinski definition) is 3. The van der Waals surface area contributed by atoms with Gasteiger partial charge in [0.05, 0.1) is 6.54 Å². The van der Waals surface area contributed by atoms with Crippen LogP contribution in [0, 0.1) is 0 Å². The first kappa shape index (κ1) is 15.4. The molecule has 3 N–H and O–H groups in total. The van der Waals surface area contributed by atoms with E-state index in [2.05, 4.69) is 24.1 Å². The summed E-state index contributed by atoms with van der Waals surface area (Å²) in [5.74, 6) is 0.160. The molecule has 1 rings (SSSR count). The predicted octanol–water partition coefficient (Wildman–Crippen LogP) is 1.49. The fourth-order valence-corrected chi connectivity index (χ4v) is 2.56. The lowest BCUT2D eigenvalue weighted by Crippen LogP contribution is -2.45. The monoisotopic (exact) mass is 255 g/mol. The zero-order valence-electron chi connectivity index (χ0n) is 12.0. The molecule has 0 saturated heterocycles. The molecule has 18 heavy (non-hydrogen) atoms. The average Bonchev–Trinajstić information content (AvgIpc) is 2.87. The number of nitrogens with one attached hydrogen (secondary N) is 1. The Morgan fingerprint density at radius 1 is 1.44 bits per heavy atom. The lowest BCUT2D eigenvalue weighted by atomic mass is 10.2. The fraction of sp³-hybridized carbons (Fsp3) is 0.929. The Hall–Kier alpha value is -0.610. The van der Waals surface area contributed by atoms with Gasteiger partial charge in [0, 0.05) is 18.6 Å². The van der Waals surface area contributed by atoms with Crippen molar-refractivity contribution in [2.45, 2.75) is 64.5 Å². The highest BCUT2D eigenvalue weighted by atomic mass is 16.2. The Morgan fingerprint density at radius 3 is 2.67 bits per heavy atom. The van der Waals surface area contributed by atoms with Gasteiger partial charge in [0.25, 0.3) is 0 Å². The van der Waals surface area contributed by atoms with E-state index in [1.807, 2.05) is 0 Å². The van der Waals surface area contributed by atoms with E-state index in [1.165, 1.54) is 25.7 Å². The number of amides is 1. The van der Waals surface area contributed by atoms with Crippen LogP contribution in [0.5, 0.6) is 0 Å². The normalized spacial score (nSPS) is 18.2. The van der Waals surface area contributed by atoms with Gasteiger partial charge in [0.1, 0.15) is 0 Å². The summed E-state index contributed by atoms with van der Waals surface area (Å²) in [5.41, 5.74) is 5.58. The number of hydrogen-bond donors (Lipinski definition) is 2. The predicted molar refractivity (Wildman–Crippen MR) is 75.4 cm³/mol. The van der Waals surface area contributed by atoms with Crippen molar-refractivity contribution in [1.82, 2.24) is 10.2 Å². The minimum absolute atomic E-state index is 0.160. The Bertz CT molecular complexity index is 239. The van der Waals surface area contributed by atoms with Crippen molar-refractivity contribution < 1.29 is 4.79 Å². The smallest absolute Gasteiger partial charge is 0.234 e. The third-order valence-corrected chi connectivity index (χ3v) is 3.86. The van der Waals surface area contributed by atoms with Crippen LogP contribution in [0.25, 0.3) is 0 Å². The van der Waals surface area contributed by atoms with Crippen LogP contribution in [0.2, 0.25) is 0 Å². The Labute approximate surface area is 111 Å². The molecule has 106 valence electrons. The second kappa shape index (κ2) is 8.48. The summed E-state index contributed by atoms with van der Waals surface area (Å²) < 4.78 is 0. The van der Waals surface area contributed by atoms with E-state index < -0.39 is 0 Å². The number of carbonyl (C=O) groups is 1. The van der Waals surface area contributed by atoms with Crippen LogP contribution in [0.15, 0.2) is 0 Å². The highest BCUT2D eigenvalue weighted by Crippen LogP contribution is 2.23. The third kappa shape index (κ3) is 5.36. The van der Waals surface area contributed by atoms with Crippen molar-refractivity contribution >= 4 is 5.91 Å². The Kier molecular flexibility index (Phi) is 7.28. The van der Waals surface area contributed by atoms with Crippen LogP contribution < -0.4 is 11.1 Å². The minimum atomic E-state index is 0.160. The van der Waals surface area contributed by atoms with E-state index in [4.69, 9.17) is 5.73 Å². The van der Waals surface area contributed by atoms with E-state index in [0.29, 0.717) is 19.1 Å². The van der Waals surface area contributed by atoms with Crippen molar-refractivity contribution in [2.75, 3.05) is 19.6 Å². The zero-order valence-corrected chi connectivity index (χ0v) is 12.0. The molecule has 1 fully saturated rings. The molecule has 0 bridgehead atoms. The standard InChI is InChI=1S/C14H29N3O/c1-3-12(2)16-14(18)11-17(10-6-9-15)13-7-4-5-8-13/h12-13H,3-11,15H2,1-2H3,(H,16,18). The summed E-state index contributed by atoms with van der Waals surface area (Å²) in [6.45, 7) is 6.34. The number of rotatable bonds is 8. The summed E-state index contributed by atoms with van der Waals surface area (Å²) in [4.78, 5) is 14.3. The van der Waals surface area contributed by atoms with Gasteiger partial charge in [0.15, 0.2) is 0 Å². The van der Waals surface area contributed by atoms with Gasteiger partial charge in [-0.1, -0.05) is 19.8 Å². The molecule has 1 saturated carbocycles. The van der Waals surface area contributed by atoms with E-state index in [1.54, 1.807) is 0 Å². The van der Waals surface area contributed by atoms with Crippen LogP contribution in [0.3, 0.4) is 0 Å². The maximum atomic E-state index is 12.0. The average molecular weight is 255 g/mol. The Balaban J connectivity index is 2.41. The van der Waals surface area contributed by atoms with Gasteiger partial charge < -0.3 is 11.1 Å². The maximum Gasteiger partial charge on any atom is 0.234 e. The highest BCUT2D eigenvalue weighted by molar-refractivity contribution is 5.78. The molecule has 1 aliphatic rings. The minimum Gasteiger partial charge on any atom is -0.353 e.